The van der Waals surface area contributed by atoms with E-state index in [1.807, 2.05) is 18.2 Å². The van der Waals surface area contributed by atoms with Gasteiger partial charge in [0.25, 0.3) is 0 Å². The second-order valence-corrected chi connectivity index (χ2v) is 17.8. The molecule has 0 aromatic rings. The quantitative estimate of drug-likeness (QED) is 0.0262. The van der Waals surface area contributed by atoms with E-state index in [9.17, 15) is 14.4 Å². The summed E-state index contributed by atoms with van der Waals surface area (Å²) in [6.45, 7) is 6.41. The van der Waals surface area contributed by atoms with E-state index >= 15 is 0 Å². The Morgan fingerprint density at radius 3 is 1.03 bits per heavy atom. The molecular weight excluding hydrogens is 805 g/mol. The SMILES string of the molecule is CC/C=C\C/C=C\C/C=C\C/C=C\C/C=C\CCC(=O)OC(COC(=O)CC/C=C\C/C=C\CCCCCCCC)COC(=O)CCCCCCCCCCCCCCCCCCCC. The summed E-state index contributed by atoms with van der Waals surface area (Å²) >= 11 is 0. The summed E-state index contributed by atoms with van der Waals surface area (Å²) in [5.74, 6) is -1.07. The molecule has 0 radical (unpaired) electrons. The fraction of sp³-hybridized carbons (Fsp3) is 0.712. The maximum atomic E-state index is 12.8. The van der Waals surface area contributed by atoms with E-state index in [-0.39, 0.29) is 38.0 Å². The van der Waals surface area contributed by atoms with Gasteiger partial charge in [0.15, 0.2) is 6.10 Å². The van der Waals surface area contributed by atoms with Gasteiger partial charge in [-0.3, -0.25) is 14.4 Å². The lowest BCUT2D eigenvalue weighted by Crippen LogP contribution is -2.30. The third-order valence-corrected chi connectivity index (χ3v) is 11.4. The third kappa shape index (κ3) is 51.4. The van der Waals surface area contributed by atoms with Crippen LogP contribution in [0.15, 0.2) is 85.1 Å². The van der Waals surface area contributed by atoms with Crippen LogP contribution >= 0.6 is 0 Å². The molecule has 0 saturated heterocycles. The summed E-state index contributed by atoms with van der Waals surface area (Å²) in [5.41, 5.74) is 0. The number of rotatable bonds is 48. The smallest absolute Gasteiger partial charge is 0.306 e. The molecular formula is C59H100O6. The Hall–Kier alpha value is -3.41. The van der Waals surface area contributed by atoms with Crippen molar-refractivity contribution in [3.63, 3.8) is 0 Å². The number of hydrogen-bond acceptors (Lipinski definition) is 6. The molecule has 0 aliphatic rings. The summed E-state index contributed by atoms with van der Waals surface area (Å²) < 4.78 is 16.7. The number of ether oxygens (including phenoxy) is 3. The highest BCUT2D eigenvalue weighted by Crippen LogP contribution is 2.15. The van der Waals surface area contributed by atoms with Crippen molar-refractivity contribution >= 4 is 17.9 Å². The molecule has 0 N–H and O–H groups in total. The Kier molecular flexibility index (Phi) is 50.4. The standard InChI is InChI=1S/C59H100O6/c1-4-7-10-13-16-19-22-25-27-29-30-32-34-37-40-43-46-49-52-58(61)64-55-56(54-63-57(60)51-48-45-42-39-36-33-24-21-18-15-12-9-6-3)65-59(62)53-50-47-44-41-38-35-31-28-26-23-20-17-14-11-8-5-2/h8,11,17,20,26,28,33,35-36,38,42,44-45,47,56H,4-7,9-10,12-16,18-19,21-25,27,29-32,34,37,39-41,43,46,48-55H2,1-3H3/b11-8-,20-17-,28-26-,36-33-,38-35-,45-42-,47-44-. The van der Waals surface area contributed by atoms with Crippen molar-refractivity contribution < 1.29 is 28.6 Å². The molecule has 65 heavy (non-hydrogen) atoms. The molecule has 0 aromatic heterocycles. The predicted octanol–water partition coefficient (Wildman–Crippen LogP) is 18.0. The number of unbranched alkanes of at least 4 members (excludes halogenated alkanes) is 23. The topological polar surface area (TPSA) is 78.9 Å². The van der Waals surface area contributed by atoms with E-state index in [1.54, 1.807) is 0 Å². The lowest BCUT2D eigenvalue weighted by Gasteiger charge is -2.18. The first kappa shape index (κ1) is 61.6. The van der Waals surface area contributed by atoms with Crippen LogP contribution in [0.1, 0.15) is 252 Å². The molecule has 1 atom stereocenters. The zero-order valence-corrected chi connectivity index (χ0v) is 42.5. The first-order chi connectivity index (χ1) is 32.0. The predicted molar refractivity (Wildman–Crippen MR) is 279 cm³/mol. The highest BCUT2D eigenvalue weighted by atomic mass is 16.6. The van der Waals surface area contributed by atoms with Crippen LogP contribution in [0.25, 0.3) is 0 Å². The molecule has 0 fully saturated rings. The highest BCUT2D eigenvalue weighted by Gasteiger charge is 2.19. The van der Waals surface area contributed by atoms with Gasteiger partial charge in [0.05, 0.1) is 0 Å². The van der Waals surface area contributed by atoms with Crippen molar-refractivity contribution in [2.24, 2.45) is 0 Å². The van der Waals surface area contributed by atoms with Crippen LogP contribution in [-0.2, 0) is 28.6 Å². The molecule has 0 saturated carbocycles. The molecule has 0 spiro atoms. The first-order valence-electron chi connectivity index (χ1n) is 27.1. The van der Waals surface area contributed by atoms with Gasteiger partial charge in [0.2, 0.25) is 0 Å². The van der Waals surface area contributed by atoms with Crippen molar-refractivity contribution in [3.8, 4) is 0 Å². The van der Waals surface area contributed by atoms with Crippen LogP contribution < -0.4 is 0 Å². The second kappa shape index (κ2) is 53.2. The van der Waals surface area contributed by atoms with E-state index < -0.39 is 12.1 Å². The lowest BCUT2D eigenvalue weighted by molar-refractivity contribution is -0.166. The summed E-state index contributed by atoms with van der Waals surface area (Å²) in [6, 6.07) is 0. The molecule has 372 valence electrons. The van der Waals surface area contributed by atoms with E-state index in [2.05, 4.69) is 87.6 Å². The minimum absolute atomic E-state index is 0.121. The van der Waals surface area contributed by atoms with Crippen molar-refractivity contribution in [3.05, 3.63) is 85.1 Å². The number of esters is 3. The normalized spacial score (nSPS) is 12.7. The molecule has 0 bridgehead atoms. The maximum absolute atomic E-state index is 12.8. The fourth-order valence-corrected chi connectivity index (χ4v) is 7.37. The first-order valence-corrected chi connectivity index (χ1v) is 27.1. The van der Waals surface area contributed by atoms with Gasteiger partial charge in [-0.1, -0.05) is 247 Å². The molecule has 0 aliphatic heterocycles. The monoisotopic (exact) mass is 905 g/mol. The molecule has 6 heteroatoms. The molecule has 0 heterocycles. The number of carbonyl (C=O) groups excluding carboxylic acids is 3. The second-order valence-electron chi connectivity index (χ2n) is 17.8. The Morgan fingerprint density at radius 1 is 0.323 bits per heavy atom. The van der Waals surface area contributed by atoms with Crippen molar-refractivity contribution in [2.75, 3.05) is 13.2 Å². The van der Waals surface area contributed by atoms with Crippen LogP contribution in [0.2, 0.25) is 0 Å². The number of allylic oxidation sites excluding steroid dienone is 14. The Balaban J connectivity index is 4.50. The number of carbonyl (C=O) groups is 3. The van der Waals surface area contributed by atoms with Gasteiger partial charge in [0, 0.05) is 19.3 Å². The van der Waals surface area contributed by atoms with Gasteiger partial charge in [-0.05, 0) is 70.6 Å². The summed E-state index contributed by atoms with van der Waals surface area (Å²) in [5, 5.41) is 0. The Morgan fingerprint density at radius 2 is 0.631 bits per heavy atom. The fourth-order valence-electron chi connectivity index (χ4n) is 7.37. The van der Waals surface area contributed by atoms with E-state index in [4.69, 9.17) is 14.2 Å². The minimum atomic E-state index is -0.837. The molecule has 0 amide bonds. The molecule has 1 unspecified atom stereocenters. The molecule has 0 aromatic carbocycles. The van der Waals surface area contributed by atoms with Crippen LogP contribution in [0.3, 0.4) is 0 Å². The Bertz CT molecular complexity index is 1270. The van der Waals surface area contributed by atoms with Crippen molar-refractivity contribution in [1.29, 1.82) is 0 Å². The minimum Gasteiger partial charge on any atom is -0.462 e. The van der Waals surface area contributed by atoms with E-state index in [0.717, 1.165) is 64.2 Å². The van der Waals surface area contributed by atoms with Crippen molar-refractivity contribution in [1.82, 2.24) is 0 Å². The highest BCUT2D eigenvalue weighted by molar-refractivity contribution is 5.71. The molecule has 0 rings (SSSR count). The average molecular weight is 905 g/mol. The van der Waals surface area contributed by atoms with E-state index in [0.29, 0.717) is 19.3 Å². The van der Waals surface area contributed by atoms with Gasteiger partial charge in [0.1, 0.15) is 13.2 Å². The van der Waals surface area contributed by atoms with Crippen LogP contribution in [0.5, 0.6) is 0 Å². The van der Waals surface area contributed by atoms with Gasteiger partial charge >= 0.3 is 17.9 Å². The van der Waals surface area contributed by atoms with Crippen molar-refractivity contribution in [2.45, 2.75) is 258 Å². The van der Waals surface area contributed by atoms with Crippen LogP contribution in [0.4, 0.5) is 0 Å². The molecule has 0 aliphatic carbocycles. The number of hydrogen-bond donors (Lipinski definition) is 0. The van der Waals surface area contributed by atoms with Gasteiger partial charge in [-0.15, -0.1) is 0 Å². The zero-order chi connectivity index (χ0) is 47.2. The Labute approximate surface area is 401 Å². The third-order valence-electron chi connectivity index (χ3n) is 11.4. The average Bonchev–Trinajstić information content (AvgIpc) is 3.30. The zero-order valence-electron chi connectivity index (χ0n) is 42.5. The largest absolute Gasteiger partial charge is 0.462 e. The summed E-state index contributed by atoms with van der Waals surface area (Å²) in [6.07, 6.45) is 68.9. The van der Waals surface area contributed by atoms with Gasteiger partial charge in [-0.2, -0.15) is 0 Å². The summed E-state index contributed by atoms with van der Waals surface area (Å²) in [4.78, 5) is 38.0. The van der Waals surface area contributed by atoms with Gasteiger partial charge in [-0.25, -0.2) is 0 Å². The van der Waals surface area contributed by atoms with Crippen LogP contribution in [-0.4, -0.2) is 37.2 Å². The maximum Gasteiger partial charge on any atom is 0.306 e. The van der Waals surface area contributed by atoms with E-state index in [1.165, 1.54) is 135 Å². The lowest BCUT2D eigenvalue weighted by atomic mass is 10.0. The van der Waals surface area contributed by atoms with Gasteiger partial charge < -0.3 is 14.2 Å². The summed E-state index contributed by atoms with van der Waals surface area (Å²) in [7, 11) is 0. The molecule has 6 nitrogen and oxygen atoms in total. The van der Waals surface area contributed by atoms with Crippen LogP contribution in [0, 0.1) is 0 Å².